The average molecular weight is 685 g/mol. The minimum absolute atomic E-state index is 0.0560. The molecule has 0 heterocycles. The van der Waals surface area contributed by atoms with Gasteiger partial charge in [-0.15, -0.1) is 0 Å². The second-order valence-electron chi connectivity index (χ2n) is 11.3. The maximum Gasteiger partial charge on any atom is 0.244 e. The van der Waals surface area contributed by atoms with Crippen LogP contribution in [-0.2, 0) is 28.8 Å². The lowest BCUT2D eigenvalue weighted by Gasteiger charge is -2.38. The second-order valence-corrected chi connectivity index (χ2v) is 11.6. The summed E-state index contributed by atoms with van der Waals surface area (Å²) in [5.74, 6) is -3.18. The molecule has 14 N–H and O–H groups in total. The van der Waals surface area contributed by atoms with Crippen LogP contribution in [0.25, 0.3) is 0 Å². The number of guanidine groups is 2. The van der Waals surface area contributed by atoms with Gasteiger partial charge in [-0.3, -0.25) is 34.0 Å². The fraction of sp³-hybridized carbons (Fsp3) is 0.714. The first-order valence-corrected chi connectivity index (χ1v) is 16.3. The van der Waals surface area contributed by atoms with Crippen LogP contribution in [0.5, 0.6) is 0 Å². The minimum Gasteiger partial charge on any atom is -0.370 e. The van der Waals surface area contributed by atoms with Gasteiger partial charge in [0.25, 0.3) is 0 Å². The number of amides is 5. The van der Waals surface area contributed by atoms with Crippen LogP contribution in [0.1, 0.15) is 64.7 Å². The molecule has 0 aliphatic heterocycles. The summed E-state index contributed by atoms with van der Waals surface area (Å²) < 4.78 is 0. The van der Waals surface area contributed by atoms with Gasteiger partial charge >= 0.3 is 0 Å². The van der Waals surface area contributed by atoms with E-state index in [0.717, 1.165) is 38.4 Å². The Morgan fingerprint density at radius 1 is 0.851 bits per heavy atom. The number of hydrogen-bond donors (Lipinski definition) is 10. The lowest BCUT2D eigenvalue weighted by atomic mass is 9.92. The molecule has 0 saturated heterocycles. The quantitative estimate of drug-likeness (QED) is 0.0184. The normalized spacial score (nSPS) is 15.5. The molecule has 1 saturated carbocycles. The van der Waals surface area contributed by atoms with Gasteiger partial charge in [0.1, 0.15) is 18.4 Å². The molecule has 0 bridgehead atoms. The molecule has 1 aliphatic rings. The van der Waals surface area contributed by atoms with E-state index in [1.807, 2.05) is 0 Å². The standard InChI is InChI=1S/C28H52N12O6S/c1-17(38-26(46)21(16-47)39-25(45)20(29)10-6-12-35-28(32)33)24(44)37-13-22(42)36-14-23(43)40(18-7-3-2-4-8-18)19(15-41)9-5-11-34-27(30)31/h15,17-21,47H,2-14,16,29H2,1H3,(H,36,42)(H,37,44)(H,38,46)(H,39,45)(H4,30,31,34)(H4,32,33,35)/t17-,19-,20-,21-/m0/s1. The fourth-order valence-electron chi connectivity index (χ4n) is 4.95. The molecule has 1 fully saturated rings. The van der Waals surface area contributed by atoms with Gasteiger partial charge in [-0.2, -0.15) is 12.6 Å². The number of carbonyl (C=O) groups is 6. The molecule has 0 spiro atoms. The molecule has 0 aromatic rings. The SMILES string of the molecule is C[C@H](NC(=O)[C@H](CS)NC(=O)[C@@H](N)CCCN=C(N)N)C(=O)NCC(=O)NCC(=O)N(C1CCCCC1)[C@H](C=O)CCCN=C(N)N. The van der Waals surface area contributed by atoms with E-state index in [0.29, 0.717) is 32.4 Å². The Morgan fingerprint density at radius 2 is 1.45 bits per heavy atom. The van der Waals surface area contributed by atoms with E-state index in [1.165, 1.54) is 6.92 Å². The number of nitrogens with one attached hydrogen (secondary N) is 4. The summed E-state index contributed by atoms with van der Waals surface area (Å²) in [7, 11) is 0. The first kappa shape index (κ1) is 40.9. The number of thiol groups is 1. The van der Waals surface area contributed by atoms with Gasteiger partial charge in [-0.1, -0.05) is 19.3 Å². The fourth-order valence-corrected chi connectivity index (χ4v) is 5.21. The Morgan fingerprint density at radius 3 is 2.00 bits per heavy atom. The Labute approximate surface area is 280 Å². The van der Waals surface area contributed by atoms with E-state index in [4.69, 9.17) is 28.7 Å². The van der Waals surface area contributed by atoms with Crippen LogP contribution in [0.2, 0.25) is 0 Å². The predicted molar refractivity (Wildman–Crippen MR) is 181 cm³/mol. The third kappa shape index (κ3) is 16.3. The van der Waals surface area contributed by atoms with Crippen molar-refractivity contribution in [3.05, 3.63) is 0 Å². The Bertz CT molecular complexity index is 1110. The Balaban J connectivity index is 2.60. The van der Waals surface area contributed by atoms with Gasteiger partial charge in [0, 0.05) is 24.9 Å². The Kier molecular flexibility index (Phi) is 19.5. The van der Waals surface area contributed by atoms with Gasteiger partial charge in [0.05, 0.1) is 25.2 Å². The van der Waals surface area contributed by atoms with E-state index in [9.17, 15) is 28.8 Å². The van der Waals surface area contributed by atoms with Gasteiger partial charge < -0.3 is 59.6 Å². The summed E-state index contributed by atoms with van der Waals surface area (Å²) in [6.45, 7) is 1.18. The maximum absolute atomic E-state index is 13.2. The van der Waals surface area contributed by atoms with Crippen LogP contribution in [-0.4, -0.2) is 115 Å². The molecule has 0 aromatic heterocycles. The van der Waals surface area contributed by atoms with Crippen LogP contribution in [0.4, 0.5) is 0 Å². The highest BCUT2D eigenvalue weighted by Gasteiger charge is 2.31. The minimum atomic E-state index is -1.08. The topological polar surface area (TPSA) is 309 Å². The first-order chi connectivity index (χ1) is 22.3. The molecule has 19 heteroatoms. The molecule has 47 heavy (non-hydrogen) atoms. The van der Waals surface area contributed by atoms with Crippen molar-refractivity contribution in [2.45, 2.75) is 94.9 Å². The molecule has 0 aromatic carbocycles. The number of aliphatic imine (C=N–C) groups is 2. The zero-order valence-corrected chi connectivity index (χ0v) is 27.9. The lowest BCUT2D eigenvalue weighted by molar-refractivity contribution is -0.140. The van der Waals surface area contributed by atoms with Gasteiger partial charge in [-0.05, 0) is 45.4 Å². The van der Waals surface area contributed by atoms with Crippen LogP contribution < -0.4 is 49.9 Å². The molecule has 4 atom stereocenters. The highest BCUT2D eigenvalue weighted by molar-refractivity contribution is 7.80. The maximum atomic E-state index is 13.2. The van der Waals surface area contributed by atoms with Crippen molar-refractivity contribution in [3.63, 3.8) is 0 Å². The molecular formula is C28H52N12O6S. The number of aldehydes is 1. The van der Waals surface area contributed by atoms with Crippen molar-refractivity contribution in [2.75, 3.05) is 31.9 Å². The van der Waals surface area contributed by atoms with Crippen LogP contribution in [0.3, 0.4) is 0 Å². The van der Waals surface area contributed by atoms with E-state index in [-0.39, 0.29) is 36.7 Å². The summed E-state index contributed by atoms with van der Waals surface area (Å²) in [5, 5.41) is 9.85. The monoisotopic (exact) mass is 684 g/mol. The summed E-state index contributed by atoms with van der Waals surface area (Å²) in [4.78, 5) is 84.7. The molecule has 1 aliphatic carbocycles. The van der Waals surface area contributed by atoms with E-state index >= 15 is 0 Å². The Hall–Kier alpha value is -4.13. The summed E-state index contributed by atoms with van der Waals surface area (Å²) in [6.07, 6.45) is 6.71. The zero-order chi connectivity index (χ0) is 35.4. The summed E-state index contributed by atoms with van der Waals surface area (Å²) in [6, 6.07) is -3.89. The number of nitrogens with two attached hydrogens (primary N) is 5. The summed E-state index contributed by atoms with van der Waals surface area (Å²) in [5.41, 5.74) is 27.1. The molecule has 1 rings (SSSR count). The largest absolute Gasteiger partial charge is 0.370 e. The highest BCUT2D eigenvalue weighted by Crippen LogP contribution is 2.25. The van der Waals surface area contributed by atoms with Crippen molar-refractivity contribution >= 4 is 60.4 Å². The first-order valence-electron chi connectivity index (χ1n) is 15.7. The van der Waals surface area contributed by atoms with Gasteiger partial charge in [0.2, 0.25) is 29.5 Å². The van der Waals surface area contributed by atoms with Crippen molar-refractivity contribution in [2.24, 2.45) is 38.7 Å². The van der Waals surface area contributed by atoms with Crippen LogP contribution in [0.15, 0.2) is 9.98 Å². The number of rotatable bonds is 21. The average Bonchev–Trinajstić information content (AvgIpc) is 3.04. The van der Waals surface area contributed by atoms with E-state index in [1.54, 1.807) is 4.90 Å². The third-order valence-corrected chi connectivity index (χ3v) is 7.82. The second kappa shape index (κ2) is 22.4. The summed E-state index contributed by atoms with van der Waals surface area (Å²) >= 11 is 4.10. The van der Waals surface area contributed by atoms with Crippen molar-refractivity contribution in [3.8, 4) is 0 Å². The van der Waals surface area contributed by atoms with E-state index in [2.05, 4.69) is 43.9 Å². The van der Waals surface area contributed by atoms with E-state index < -0.39 is 60.2 Å². The smallest absolute Gasteiger partial charge is 0.244 e. The van der Waals surface area contributed by atoms with Gasteiger partial charge in [0.15, 0.2) is 11.9 Å². The highest BCUT2D eigenvalue weighted by atomic mass is 32.1. The molecule has 0 unspecified atom stereocenters. The van der Waals surface area contributed by atoms with Crippen LogP contribution >= 0.6 is 12.6 Å². The molecular weight excluding hydrogens is 632 g/mol. The molecule has 5 amide bonds. The third-order valence-electron chi connectivity index (χ3n) is 7.45. The lowest BCUT2D eigenvalue weighted by Crippen LogP contribution is -2.56. The van der Waals surface area contributed by atoms with Gasteiger partial charge in [-0.25, -0.2) is 0 Å². The molecule has 0 radical (unpaired) electrons. The zero-order valence-electron chi connectivity index (χ0n) is 27.0. The predicted octanol–water partition coefficient (Wildman–Crippen LogP) is -3.70. The van der Waals surface area contributed by atoms with Crippen LogP contribution in [0, 0.1) is 0 Å². The van der Waals surface area contributed by atoms with Crippen molar-refractivity contribution < 1.29 is 28.8 Å². The van der Waals surface area contributed by atoms with Crippen molar-refractivity contribution in [1.29, 1.82) is 0 Å². The molecule has 18 nitrogen and oxygen atoms in total. The number of carbonyl (C=O) groups excluding carboxylic acids is 6. The molecule has 266 valence electrons. The van der Waals surface area contributed by atoms with Crippen molar-refractivity contribution in [1.82, 2.24) is 26.2 Å². The number of nitrogens with zero attached hydrogens (tertiary/aromatic N) is 3. The number of hydrogen-bond acceptors (Lipinski definition) is 10.